The zero-order valence-corrected chi connectivity index (χ0v) is 8.52. The van der Waals surface area contributed by atoms with Crippen LogP contribution >= 0.6 is 0 Å². The summed E-state index contributed by atoms with van der Waals surface area (Å²) in [6, 6.07) is 3.14. The van der Waals surface area contributed by atoms with Crippen LogP contribution in [-0.2, 0) is 20.7 Å². The number of nitrogens with zero attached hydrogens (tertiary/aromatic N) is 1. The molecule has 1 rings (SSSR count). The van der Waals surface area contributed by atoms with E-state index in [0.29, 0.717) is 11.3 Å². The molecule has 0 atom stereocenters. The number of carbonyl (C=O) groups excluding carboxylic acids is 2. The van der Waals surface area contributed by atoms with Crippen molar-refractivity contribution in [3.8, 4) is 0 Å². The average Bonchev–Trinajstić information content (AvgIpc) is 2.29. The van der Waals surface area contributed by atoms with E-state index in [4.69, 9.17) is 0 Å². The number of pyridine rings is 1. The SMILES string of the molecule is COC(=O)Cc1ccc(C(=O)OC)cn1. The summed E-state index contributed by atoms with van der Waals surface area (Å²) in [7, 11) is 2.61. The van der Waals surface area contributed by atoms with Crippen LogP contribution in [0.5, 0.6) is 0 Å². The fourth-order valence-electron chi connectivity index (χ4n) is 0.988. The minimum Gasteiger partial charge on any atom is -0.469 e. The molecule has 80 valence electrons. The van der Waals surface area contributed by atoms with Gasteiger partial charge in [0.15, 0.2) is 0 Å². The largest absolute Gasteiger partial charge is 0.469 e. The number of aromatic nitrogens is 1. The Kier molecular flexibility index (Phi) is 3.79. The highest BCUT2D eigenvalue weighted by molar-refractivity contribution is 5.88. The molecule has 0 aliphatic heterocycles. The molecule has 0 fully saturated rings. The van der Waals surface area contributed by atoms with E-state index in [1.54, 1.807) is 12.1 Å². The van der Waals surface area contributed by atoms with Gasteiger partial charge in [-0.05, 0) is 12.1 Å². The van der Waals surface area contributed by atoms with E-state index in [2.05, 4.69) is 14.5 Å². The first-order chi connectivity index (χ1) is 7.17. The van der Waals surface area contributed by atoms with E-state index >= 15 is 0 Å². The lowest BCUT2D eigenvalue weighted by Gasteiger charge is -2.01. The van der Waals surface area contributed by atoms with E-state index in [-0.39, 0.29) is 12.4 Å². The summed E-state index contributed by atoms with van der Waals surface area (Å²) in [5.41, 5.74) is 0.903. The van der Waals surface area contributed by atoms with Crippen LogP contribution in [0.2, 0.25) is 0 Å². The van der Waals surface area contributed by atoms with Crippen LogP contribution in [0.4, 0.5) is 0 Å². The van der Waals surface area contributed by atoms with Gasteiger partial charge in [-0.25, -0.2) is 4.79 Å². The summed E-state index contributed by atoms with van der Waals surface area (Å²) >= 11 is 0. The summed E-state index contributed by atoms with van der Waals surface area (Å²) in [6.45, 7) is 0. The van der Waals surface area contributed by atoms with Gasteiger partial charge in [0, 0.05) is 6.20 Å². The van der Waals surface area contributed by atoms with Crippen LogP contribution in [0.25, 0.3) is 0 Å². The first-order valence-electron chi connectivity index (χ1n) is 4.27. The number of methoxy groups -OCH3 is 2. The molecule has 0 aliphatic rings. The first-order valence-corrected chi connectivity index (χ1v) is 4.27. The molecule has 0 amide bonds. The summed E-state index contributed by atoms with van der Waals surface area (Å²) < 4.78 is 8.99. The van der Waals surface area contributed by atoms with Gasteiger partial charge in [0.25, 0.3) is 0 Å². The minimum atomic E-state index is -0.452. The van der Waals surface area contributed by atoms with Crippen LogP contribution in [0.15, 0.2) is 18.3 Å². The topological polar surface area (TPSA) is 65.5 Å². The minimum absolute atomic E-state index is 0.0952. The van der Waals surface area contributed by atoms with Crippen molar-refractivity contribution in [2.45, 2.75) is 6.42 Å². The van der Waals surface area contributed by atoms with Crippen LogP contribution in [-0.4, -0.2) is 31.1 Å². The first kappa shape index (κ1) is 11.2. The Balaban J connectivity index is 2.72. The van der Waals surface area contributed by atoms with Gasteiger partial charge in [0.1, 0.15) is 0 Å². The summed E-state index contributed by atoms with van der Waals surface area (Å²) in [5, 5.41) is 0. The third kappa shape index (κ3) is 3.05. The van der Waals surface area contributed by atoms with Gasteiger partial charge in [0.2, 0.25) is 0 Å². The number of carbonyl (C=O) groups is 2. The van der Waals surface area contributed by atoms with E-state index in [9.17, 15) is 9.59 Å². The number of esters is 2. The highest BCUT2D eigenvalue weighted by Gasteiger charge is 2.07. The Hall–Kier alpha value is -1.91. The molecule has 1 aromatic rings. The van der Waals surface area contributed by atoms with Crippen molar-refractivity contribution in [2.75, 3.05) is 14.2 Å². The lowest BCUT2D eigenvalue weighted by molar-refractivity contribution is -0.139. The standard InChI is InChI=1S/C10H11NO4/c1-14-9(12)5-8-4-3-7(6-11-8)10(13)15-2/h3-4,6H,5H2,1-2H3. The van der Waals surface area contributed by atoms with Gasteiger partial charge < -0.3 is 9.47 Å². The van der Waals surface area contributed by atoms with E-state index < -0.39 is 5.97 Å². The van der Waals surface area contributed by atoms with Crippen molar-refractivity contribution in [3.63, 3.8) is 0 Å². The highest BCUT2D eigenvalue weighted by atomic mass is 16.5. The molecule has 0 spiro atoms. The van der Waals surface area contributed by atoms with Crippen LogP contribution in [0, 0.1) is 0 Å². The van der Waals surface area contributed by atoms with Crippen molar-refractivity contribution in [1.29, 1.82) is 0 Å². The Morgan fingerprint density at radius 3 is 2.47 bits per heavy atom. The van der Waals surface area contributed by atoms with Crippen molar-refractivity contribution < 1.29 is 19.1 Å². The second kappa shape index (κ2) is 5.09. The molecule has 0 saturated carbocycles. The normalized spacial score (nSPS) is 9.47. The highest BCUT2D eigenvalue weighted by Crippen LogP contribution is 2.03. The van der Waals surface area contributed by atoms with Crippen molar-refractivity contribution in [2.24, 2.45) is 0 Å². The third-order valence-electron chi connectivity index (χ3n) is 1.80. The Morgan fingerprint density at radius 2 is 2.00 bits per heavy atom. The molecular formula is C10H11NO4. The molecule has 0 aromatic carbocycles. The zero-order valence-electron chi connectivity index (χ0n) is 8.52. The van der Waals surface area contributed by atoms with Crippen molar-refractivity contribution >= 4 is 11.9 Å². The average molecular weight is 209 g/mol. The summed E-state index contributed by atoms with van der Waals surface area (Å²) in [5.74, 6) is -0.819. The smallest absolute Gasteiger partial charge is 0.339 e. The molecule has 1 heterocycles. The van der Waals surface area contributed by atoms with Gasteiger partial charge >= 0.3 is 11.9 Å². The number of rotatable bonds is 3. The van der Waals surface area contributed by atoms with Crippen LogP contribution in [0.3, 0.4) is 0 Å². The molecule has 5 nitrogen and oxygen atoms in total. The Bertz CT molecular complexity index is 358. The fourth-order valence-corrected chi connectivity index (χ4v) is 0.988. The van der Waals surface area contributed by atoms with Crippen molar-refractivity contribution in [3.05, 3.63) is 29.6 Å². The molecular weight excluding hydrogens is 198 g/mol. The maximum absolute atomic E-state index is 11.0. The van der Waals surface area contributed by atoms with Crippen molar-refractivity contribution in [1.82, 2.24) is 4.98 Å². The predicted octanol–water partition coefficient (Wildman–Crippen LogP) is 0.584. The van der Waals surface area contributed by atoms with Crippen LogP contribution in [0.1, 0.15) is 16.1 Å². The van der Waals surface area contributed by atoms with Crippen LogP contribution < -0.4 is 0 Å². The maximum Gasteiger partial charge on any atom is 0.339 e. The summed E-state index contributed by atoms with van der Waals surface area (Å²) in [4.78, 5) is 25.9. The van der Waals surface area contributed by atoms with E-state index in [1.807, 2.05) is 0 Å². The Labute approximate surface area is 87.0 Å². The van der Waals surface area contributed by atoms with E-state index in [1.165, 1.54) is 20.4 Å². The van der Waals surface area contributed by atoms with Gasteiger partial charge in [-0.15, -0.1) is 0 Å². The second-order valence-corrected chi connectivity index (χ2v) is 2.78. The lowest BCUT2D eigenvalue weighted by Crippen LogP contribution is -2.07. The fraction of sp³-hybridized carbons (Fsp3) is 0.300. The molecule has 0 bridgehead atoms. The second-order valence-electron chi connectivity index (χ2n) is 2.78. The predicted molar refractivity (Wildman–Crippen MR) is 51.3 cm³/mol. The number of hydrogen-bond donors (Lipinski definition) is 0. The zero-order chi connectivity index (χ0) is 11.3. The van der Waals surface area contributed by atoms with Gasteiger partial charge in [0.05, 0.1) is 31.9 Å². The summed E-state index contributed by atoms with van der Waals surface area (Å²) in [6.07, 6.45) is 1.46. The van der Waals surface area contributed by atoms with Gasteiger partial charge in [-0.1, -0.05) is 0 Å². The molecule has 0 N–H and O–H groups in total. The third-order valence-corrected chi connectivity index (χ3v) is 1.80. The molecule has 0 aliphatic carbocycles. The Morgan fingerprint density at radius 1 is 1.27 bits per heavy atom. The lowest BCUT2D eigenvalue weighted by atomic mass is 10.2. The number of hydrogen-bond acceptors (Lipinski definition) is 5. The molecule has 1 aromatic heterocycles. The van der Waals surface area contributed by atoms with Gasteiger partial charge in [-0.2, -0.15) is 0 Å². The van der Waals surface area contributed by atoms with Gasteiger partial charge in [-0.3, -0.25) is 9.78 Å². The molecule has 0 unspecified atom stereocenters. The maximum atomic E-state index is 11.0. The molecule has 15 heavy (non-hydrogen) atoms. The molecule has 0 radical (unpaired) electrons. The molecule has 0 saturated heterocycles. The number of ether oxygens (including phenoxy) is 2. The molecule has 5 heteroatoms. The van der Waals surface area contributed by atoms with E-state index in [0.717, 1.165) is 0 Å². The quantitative estimate of drug-likeness (QED) is 0.681. The monoisotopic (exact) mass is 209 g/mol.